The molecule has 0 atom stereocenters. The average molecular weight is 288 g/mol. The number of anilines is 1. The number of nitrogens with one attached hydrogen (secondary N) is 1. The fraction of sp³-hybridized carbons (Fsp3) is 0.706. The summed E-state index contributed by atoms with van der Waals surface area (Å²) < 4.78 is 0. The Balaban J connectivity index is 1.42. The second kappa shape index (κ2) is 7.23. The predicted octanol–water partition coefficient (Wildman–Crippen LogP) is 2.12. The number of aromatic nitrogens is 1. The first-order valence-corrected chi connectivity index (χ1v) is 8.49. The lowest BCUT2D eigenvalue weighted by molar-refractivity contribution is 0.194. The molecule has 4 nitrogen and oxygen atoms in total. The van der Waals surface area contributed by atoms with E-state index in [1.165, 1.54) is 45.3 Å². The van der Waals surface area contributed by atoms with E-state index in [0.29, 0.717) is 6.04 Å². The van der Waals surface area contributed by atoms with E-state index < -0.39 is 0 Å². The molecule has 0 radical (unpaired) electrons. The SMILES string of the molecule is CCN1CCC(NC2CCN(c3ccccn3)CC2)CC1. The Labute approximate surface area is 128 Å². The van der Waals surface area contributed by atoms with Gasteiger partial charge in [-0.3, -0.25) is 0 Å². The maximum Gasteiger partial charge on any atom is 0.128 e. The Hall–Kier alpha value is -1.13. The van der Waals surface area contributed by atoms with Gasteiger partial charge in [0.15, 0.2) is 0 Å². The van der Waals surface area contributed by atoms with Crippen LogP contribution in [0.15, 0.2) is 24.4 Å². The van der Waals surface area contributed by atoms with E-state index in [1.807, 2.05) is 12.3 Å². The van der Waals surface area contributed by atoms with Gasteiger partial charge in [-0.1, -0.05) is 13.0 Å². The largest absolute Gasteiger partial charge is 0.357 e. The predicted molar refractivity (Wildman–Crippen MR) is 87.7 cm³/mol. The molecule has 1 aromatic rings. The maximum absolute atomic E-state index is 4.46. The zero-order valence-electron chi connectivity index (χ0n) is 13.2. The molecule has 2 fully saturated rings. The highest BCUT2D eigenvalue weighted by Crippen LogP contribution is 2.19. The first kappa shape index (κ1) is 14.8. The van der Waals surface area contributed by atoms with Crippen LogP contribution in [0.1, 0.15) is 32.6 Å². The van der Waals surface area contributed by atoms with Crippen LogP contribution in [0.4, 0.5) is 5.82 Å². The van der Waals surface area contributed by atoms with Crippen molar-refractivity contribution in [2.75, 3.05) is 37.6 Å². The van der Waals surface area contributed by atoms with Gasteiger partial charge in [0.1, 0.15) is 5.82 Å². The van der Waals surface area contributed by atoms with Gasteiger partial charge in [-0.05, 0) is 57.5 Å². The molecule has 0 amide bonds. The van der Waals surface area contributed by atoms with Crippen LogP contribution >= 0.6 is 0 Å². The molecule has 1 N–H and O–H groups in total. The van der Waals surface area contributed by atoms with Crippen molar-refractivity contribution in [3.63, 3.8) is 0 Å². The van der Waals surface area contributed by atoms with Crippen LogP contribution in [-0.4, -0.2) is 54.7 Å². The normalized spacial score (nSPS) is 22.6. The fourth-order valence-corrected chi connectivity index (χ4v) is 3.57. The number of rotatable bonds is 4. The van der Waals surface area contributed by atoms with Gasteiger partial charge < -0.3 is 15.1 Å². The lowest BCUT2D eigenvalue weighted by atomic mass is 9.99. The second-order valence-corrected chi connectivity index (χ2v) is 6.32. The molecule has 0 saturated carbocycles. The number of piperidine rings is 2. The van der Waals surface area contributed by atoms with Crippen molar-refractivity contribution in [2.24, 2.45) is 0 Å². The molecular formula is C17H28N4. The molecule has 116 valence electrons. The van der Waals surface area contributed by atoms with E-state index in [9.17, 15) is 0 Å². The van der Waals surface area contributed by atoms with Crippen LogP contribution in [0, 0.1) is 0 Å². The third-order valence-corrected chi connectivity index (χ3v) is 4.97. The second-order valence-electron chi connectivity index (χ2n) is 6.32. The molecule has 0 bridgehead atoms. The minimum atomic E-state index is 0.697. The van der Waals surface area contributed by atoms with Crippen molar-refractivity contribution in [3.8, 4) is 0 Å². The summed E-state index contributed by atoms with van der Waals surface area (Å²) in [4.78, 5) is 9.43. The summed E-state index contributed by atoms with van der Waals surface area (Å²) in [6.45, 7) is 8.25. The standard InChI is InChI=1S/C17H28N4/c1-2-20-11-6-15(7-12-20)19-16-8-13-21(14-9-16)17-5-3-4-10-18-17/h3-5,10,15-16,19H,2,6-9,11-14H2,1H3. The summed E-state index contributed by atoms with van der Waals surface area (Å²) in [6, 6.07) is 7.62. The van der Waals surface area contributed by atoms with Gasteiger partial charge in [0.2, 0.25) is 0 Å². The number of hydrogen-bond donors (Lipinski definition) is 1. The molecule has 0 unspecified atom stereocenters. The molecule has 4 heteroatoms. The van der Waals surface area contributed by atoms with E-state index >= 15 is 0 Å². The minimum Gasteiger partial charge on any atom is -0.357 e. The zero-order valence-corrected chi connectivity index (χ0v) is 13.2. The molecule has 0 aromatic carbocycles. The van der Waals surface area contributed by atoms with E-state index in [-0.39, 0.29) is 0 Å². The van der Waals surface area contributed by atoms with Gasteiger partial charge in [0, 0.05) is 31.4 Å². The number of nitrogens with zero attached hydrogens (tertiary/aromatic N) is 3. The summed E-state index contributed by atoms with van der Waals surface area (Å²) in [7, 11) is 0. The number of pyridine rings is 1. The van der Waals surface area contributed by atoms with Crippen LogP contribution in [0.25, 0.3) is 0 Å². The molecule has 3 heterocycles. The number of hydrogen-bond acceptors (Lipinski definition) is 4. The highest BCUT2D eigenvalue weighted by Gasteiger charge is 2.24. The highest BCUT2D eigenvalue weighted by molar-refractivity contribution is 5.38. The molecule has 3 rings (SSSR count). The van der Waals surface area contributed by atoms with Gasteiger partial charge in [-0.2, -0.15) is 0 Å². The Kier molecular flexibility index (Phi) is 5.09. The van der Waals surface area contributed by atoms with Crippen LogP contribution < -0.4 is 10.2 Å². The van der Waals surface area contributed by atoms with Crippen molar-refractivity contribution in [1.82, 2.24) is 15.2 Å². The molecule has 2 aliphatic heterocycles. The van der Waals surface area contributed by atoms with Crippen molar-refractivity contribution in [3.05, 3.63) is 24.4 Å². The first-order chi connectivity index (χ1) is 10.3. The Morgan fingerprint density at radius 3 is 2.29 bits per heavy atom. The number of likely N-dealkylation sites (tertiary alicyclic amines) is 1. The first-order valence-electron chi connectivity index (χ1n) is 8.49. The van der Waals surface area contributed by atoms with Gasteiger partial charge in [0.25, 0.3) is 0 Å². The Bertz CT molecular complexity index is 406. The average Bonchev–Trinajstić information content (AvgIpc) is 2.57. The molecule has 2 aliphatic rings. The lowest BCUT2D eigenvalue weighted by Gasteiger charge is -2.38. The van der Waals surface area contributed by atoms with Crippen molar-refractivity contribution < 1.29 is 0 Å². The molecular weight excluding hydrogens is 260 g/mol. The summed E-state index contributed by atoms with van der Waals surface area (Å²) in [5, 5.41) is 3.90. The van der Waals surface area contributed by atoms with Crippen molar-refractivity contribution in [2.45, 2.75) is 44.7 Å². The maximum atomic E-state index is 4.46. The van der Waals surface area contributed by atoms with Crippen LogP contribution in [-0.2, 0) is 0 Å². The van der Waals surface area contributed by atoms with Crippen LogP contribution in [0.3, 0.4) is 0 Å². The smallest absolute Gasteiger partial charge is 0.128 e. The molecule has 0 spiro atoms. The van der Waals surface area contributed by atoms with Gasteiger partial charge in [0.05, 0.1) is 0 Å². The molecule has 2 saturated heterocycles. The van der Waals surface area contributed by atoms with Gasteiger partial charge in [-0.25, -0.2) is 4.98 Å². The van der Waals surface area contributed by atoms with Crippen molar-refractivity contribution >= 4 is 5.82 Å². The van der Waals surface area contributed by atoms with Crippen LogP contribution in [0.2, 0.25) is 0 Å². The van der Waals surface area contributed by atoms with Crippen molar-refractivity contribution in [1.29, 1.82) is 0 Å². The molecule has 21 heavy (non-hydrogen) atoms. The highest BCUT2D eigenvalue weighted by atomic mass is 15.2. The fourth-order valence-electron chi connectivity index (χ4n) is 3.57. The van der Waals surface area contributed by atoms with Gasteiger partial charge in [-0.15, -0.1) is 0 Å². The minimum absolute atomic E-state index is 0.697. The third-order valence-electron chi connectivity index (χ3n) is 4.97. The Morgan fingerprint density at radius 2 is 1.71 bits per heavy atom. The van der Waals surface area contributed by atoms with E-state index in [2.05, 4.69) is 39.2 Å². The lowest BCUT2D eigenvalue weighted by Crippen LogP contribution is -2.50. The topological polar surface area (TPSA) is 31.4 Å². The molecule has 1 aromatic heterocycles. The summed E-state index contributed by atoms with van der Waals surface area (Å²) in [5.74, 6) is 1.13. The molecule has 0 aliphatic carbocycles. The third kappa shape index (κ3) is 3.95. The summed E-state index contributed by atoms with van der Waals surface area (Å²) in [6.07, 6.45) is 7.00. The van der Waals surface area contributed by atoms with E-state index in [0.717, 1.165) is 24.9 Å². The van der Waals surface area contributed by atoms with E-state index in [4.69, 9.17) is 0 Å². The van der Waals surface area contributed by atoms with Crippen LogP contribution in [0.5, 0.6) is 0 Å². The van der Waals surface area contributed by atoms with E-state index in [1.54, 1.807) is 0 Å². The monoisotopic (exact) mass is 288 g/mol. The zero-order chi connectivity index (χ0) is 14.5. The quantitative estimate of drug-likeness (QED) is 0.919. The summed E-state index contributed by atoms with van der Waals surface area (Å²) >= 11 is 0. The van der Waals surface area contributed by atoms with Gasteiger partial charge >= 0.3 is 0 Å². The Morgan fingerprint density at radius 1 is 1.05 bits per heavy atom. The summed E-state index contributed by atoms with van der Waals surface area (Å²) in [5.41, 5.74) is 0.